The number of nitrogens with zero attached hydrogens (tertiary/aromatic N) is 2. The Balaban J connectivity index is 2.22. The van der Waals surface area contributed by atoms with Gasteiger partial charge in [0.05, 0.1) is 19.1 Å². The van der Waals surface area contributed by atoms with Crippen molar-refractivity contribution in [2.45, 2.75) is 72.0 Å². The number of nitrogens with one attached hydrogen (secondary N) is 1. The molecular weight excluding hydrogens is 490 g/mol. The van der Waals surface area contributed by atoms with Crippen molar-refractivity contribution in [3.8, 4) is 5.75 Å². The van der Waals surface area contributed by atoms with Gasteiger partial charge in [-0.15, -0.1) is 0 Å². The molecule has 0 aliphatic heterocycles. The number of amides is 2. The molecule has 2 rings (SSSR count). The highest BCUT2D eigenvalue weighted by Gasteiger charge is 2.29. The van der Waals surface area contributed by atoms with Crippen molar-refractivity contribution in [1.82, 2.24) is 10.2 Å². The second kappa shape index (κ2) is 14.0. The number of sulfonamides is 1. The first kappa shape index (κ1) is 30.2. The third kappa shape index (κ3) is 9.07. The van der Waals surface area contributed by atoms with E-state index in [9.17, 15) is 18.0 Å². The quantitative estimate of drug-likeness (QED) is 0.393. The monoisotopic (exact) mass is 531 g/mol. The molecule has 0 fully saturated rings. The third-order valence-corrected chi connectivity index (χ3v) is 7.57. The Labute approximate surface area is 222 Å². The van der Waals surface area contributed by atoms with Gasteiger partial charge in [-0.25, -0.2) is 8.42 Å². The summed E-state index contributed by atoms with van der Waals surface area (Å²) in [6, 6.07) is 14.0. The summed E-state index contributed by atoms with van der Waals surface area (Å²) in [5, 5.41) is 3.00. The number of anilines is 1. The van der Waals surface area contributed by atoms with E-state index < -0.39 is 16.1 Å². The largest absolute Gasteiger partial charge is 0.497 e. The van der Waals surface area contributed by atoms with Crippen LogP contribution >= 0.6 is 0 Å². The molecule has 0 heterocycles. The Hall–Kier alpha value is -3.07. The van der Waals surface area contributed by atoms with Gasteiger partial charge in [0.2, 0.25) is 21.8 Å². The van der Waals surface area contributed by atoms with Crippen LogP contribution in [0.4, 0.5) is 5.69 Å². The van der Waals surface area contributed by atoms with Crippen LogP contribution in [0.3, 0.4) is 0 Å². The fourth-order valence-corrected chi connectivity index (χ4v) is 4.97. The highest BCUT2D eigenvalue weighted by molar-refractivity contribution is 7.92. The Bertz CT molecular complexity index is 1120. The SMILES string of the molecule is CC[C@@H](C)NC(=O)[C@@H](CC)N(Cc1ccc(OC)cc1)C(=O)CCCN(c1ccc(C)cc1)S(C)(=O)=O. The molecule has 2 aromatic rings. The minimum Gasteiger partial charge on any atom is -0.497 e. The topological polar surface area (TPSA) is 96.0 Å². The lowest BCUT2D eigenvalue weighted by Gasteiger charge is -2.32. The van der Waals surface area contributed by atoms with Crippen molar-refractivity contribution in [2.75, 3.05) is 24.2 Å². The second-order valence-corrected chi connectivity index (χ2v) is 11.3. The lowest BCUT2D eigenvalue weighted by molar-refractivity contribution is -0.141. The van der Waals surface area contributed by atoms with Crippen LogP contribution in [0.2, 0.25) is 0 Å². The highest BCUT2D eigenvalue weighted by atomic mass is 32.2. The lowest BCUT2D eigenvalue weighted by atomic mass is 10.1. The molecule has 0 saturated heterocycles. The molecule has 0 bridgehead atoms. The van der Waals surface area contributed by atoms with Crippen LogP contribution in [0, 0.1) is 6.92 Å². The van der Waals surface area contributed by atoms with Crippen LogP contribution in [-0.2, 0) is 26.2 Å². The van der Waals surface area contributed by atoms with E-state index in [1.165, 1.54) is 4.31 Å². The van der Waals surface area contributed by atoms with Crippen molar-refractivity contribution in [1.29, 1.82) is 0 Å². The van der Waals surface area contributed by atoms with Gasteiger partial charge < -0.3 is 15.0 Å². The Kier molecular flexibility index (Phi) is 11.4. The number of benzene rings is 2. The summed E-state index contributed by atoms with van der Waals surface area (Å²) in [5.41, 5.74) is 2.47. The molecule has 0 radical (unpaired) electrons. The first-order chi connectivity index (χ1) is 17.5. The molecule has 2 atom stereocenters. The van der Waals surface area contributed by atoms with E-state index in [0.717, 1.165) is 23.8 Å². The first-order valence-electron chi connectivity index (χ1n) is 12.8. The van der Waals surface area contributed by atoms with Gasteiger partial charge in [0, 0.05) is 25.6 Å². The predicted molar refractivity (Wildman–Crippen MR) is 148 cm³/mol. The van der Waals surface area contributed by atoms with Crippen LogP contribution in [0.5, 0.6) is 5.75 Å². The molecule has 37 heavy (non-hydrogen) atoms. The van der Waals surface area contributed by atoms with E-state index in [-0.39, 0.29) is 37.4 Å². The van der Waals surface area contributed by atoms with Crippen molar-refractivity contribution in [2.24, 2.45) is 0 Å². The zero-order valence-corrected chi connectivity index (χ0v) is 23.7. The van der Waals surface area contributed by atoms with Gasteiger partial charge in [-0.05, 0) is 62.9 Å². The smallest absolute Gasteiger partial charge is 0.243 e. The van der Waals surface area contributed by atoms with Gasteiger partial charge >= 0.3 is 0 Å². The molecule has 0 saturated carbocycles. The second-order valence-electron chi connectivity index (χ2n) is 9.39. The van der Waals surface area contributed by atoms with Gasteiger partial charge in [0.15, 0.2) is 0 Å². The minimum absolute atomic E-state index is 0.00248. The van der Waals surface area contributed by atoms with E-state index in [1.807, 2.05) is 64.1 Å². The van der Waals surface area contributed by atoms with E-state index in [2.05, 4.69) is 5.32 Å². The zero-order chi connectivity index (χ0) is 27.6. The van der Waals surface area contributed by atoms with Gasteiger partial charge in [-0.2, -0.15) is 0 Å². The summed E-state index contributed by atoms with van der Waals surface area (Å²) < 4.78 is 31.5. The first-order valence-corrected chi connectivity index (χ1v) is 14.6. The summed E-state index contributed by atoms with van der Waals surface area (Å²) >= 11 is 0. The molecule has 2 amide bonds. The van der Waals surface area contributed by atoms with Crippen molar-refractivity contribution in [3.05, 3.63) is 59.7 Å². The molecule has 0 spiro atoms. The summed E-state index contributed by atoms with van der Waals surface area (Å²) in [6.45, 7) is 8.19. The summed E-state index contributed by atoms with van der Waals surface area (Å²) in [7, 11) is -1.93. The molecule has 0 aromatic heterocycles. The number of methoxy groups -OCH3 is 1. The van der Waals surface area contributed by atoms with Crippen molar-refractivity contribution >= 4 is 27.5 Å². The maximum atomic E-state index is 13.5. The van der Waals surface area contributed by atoms with E-state index >= 15 is 0 Å². The van der Waals surface area contributed by atoms with Crippen LogP contribution < -0.4 is 14.4 Å². The Morgan fingerprint density at radius 3 is 2.14 bits per heavy atom. The van der Waals surface area contributed by atoms with Crippen molar-refractivity contribution in [3.63, 3.8) is 0 Å². The number of ether oxygens (including phenoxy) is 1. The molecular formula is C28H41N3O5S. The molecule has 0 unspecified atom stereocenters. The average molecular weight is 532 g/mol. The van der Waals surface area contributed by atoms with E-state index in [0.29, 0.717) is 24.3 Å². The molecule has 8 nitrogen and oxygen atoms in total. The maximum absolute atomic E-state index is 13.5. The lowest BCUT2D eigenvalue weighted by Crippen LogP contribution is -2.50. The van der Waals surface area contributed by atoms with E-state index in [4.69, 9.17) is 4.74 Å². The predicted octanol–water partition coefficient (Wildman–Crippen LogP) is 4.27. The summed E-state index contributed by atoms with van der Waals surface area (Å²) in [6.07, 6.45) is 2.85. The standard InChI is InChI=1S/C28H41N3O5S/c1-7-22(4)29-28(33)26(8-2)30(20-23-13-17-25(36-5)18-14-23)27(32)10-9-19-31(37(6,34)35)24-15-11-21(3)12-16-24/h11-18,22,26H,7-10,19-20H2,1-6H3,(H,29,33)/t22-,26-/m1/s1. The van der Waals surface area contributed by atoms with Crippen LogP contribution in [-0.4, -0.2) is 57.1 Å². The Morgan fingerprint density at radius 1 is 1.00 bits per heavy atom. The third-order valence-electron chi connectivity index (χ3n) is 6.37. The highest BCUT2D eigenvalue weighted by Crippen LogP contribution is 2.21. The number of hydrogen-bond acceptors (Lipinski definition) is 5. The number of rotatable bonds is 14. The maximum Gasteiger partial charge on any atom is 0.243 e. The summed E-state index contributed by atoms with van der Waals surface area (Å²) in [4.78, 5) is 28.2. The Morgan fingerprint density at radius 2 is 1.62 bits per heavy atom. The van der Waals surface area contributed by atoms with Crippen LogP contribution in [0.1, 0.15) is 57.6 Å². The van der Waals surface area contributed by atoms with Gasteiger partial charge in [-0.3, -0.25) is 13.9 Å². The normalized spacial score (nSPS) is 12.9. The molecule has 0 aliphatic carbocycles. The molecule has 9 heteroatoms. The molecule has 2 aromatic carbocycles. The van der Waals surface area contributed by atoms with Gasteiger partial charge in [0.1, 0.15) is 11.8 Å². The average Bonchev–Trinajstić information content (AvgIpc) is 2.86. The summed E-state index contributed by atoms with van der Waals surface area (Å²) in [5.74, 6) is 0.329. The van der Waals surface area contributed by atoms with Crippen LogP contribution in [0.15, 0.2) is 48.5 Å². The molecule has 1 N–H and O–H groups in total. The molecule has 204 valence electrons. The fraction of sp³-hybridized carbons (Fsp3) is 0.500. The number of aryl methyl sites for hydroxylation is 1. The zero-order valence-electron chi connectivity index (χ0n) is 22.9. The van der Waals surface area contributed by atoms with Crippen LogP contribution in [0.25, 0.3) is 0 Å². The minimum atomic E-state index is -3.52. The van der Waals surface area contributed by atoms with Gasteiger partial charge in [0.25, 0.3) is 0 Å². The molecule has 0 aliphatic rings. The number of hydrogen-bond donors (Lipinski definition) is 1. The number of carbonyl (C=O) groups excluding carboxylic acids is 2. The van der Waals surface area contributed by atoms with E-state index in [1.54, 1.807) is 24.1 Å². The van der Waals surface area contributed by atoms with Crippen molar-refractivity contribution < 1.29 is 22.7 Å². The van der Waals surface area contributed by atoms with Gasteiger partial charge in [-0.1, -0.05) is 43.7 Å². The number of carbonyl (C=O) groups is 2. The fourth-order valence-electron chi connectivity index (χ4n) is 4.00.